The van der Waals surface area contributed by atoms with Crippen LogP contribution in [0.3, 0.4) is 0 Å². The van der Waals surface area contributed by atoms with Gasteiger partial charge >= 0.3 is 6.18 Å². The molecule has 1 aromatic rings. The summed E-state index contributed by atoms with van der Waals surface area (Å²) in [6, 6.07) is 2.55. The van der Waals surface area contributed by atoms with Crippen molar-refractivity contribution in [3.63, 3.8) is 0 Å². The van der Waals surface area contributed by atoms with Crippen LogP contribution in [0, 0.1) is 0 Å². The molecule has 0 radical (unpaired) electrons. The summed E-state index contributed by atoms with van der Waals surface area (Å²) in [5, 5.41) is 2.41. The number of rotatable bonds is 5. The molecule has 1 amide bonds. The Kier molecular flexibility index (Phi) is 6.54. The van der Waals surface area contributed by atoms with E-state index in [-0.39, 0.29) is 23.3 Å². The maximum atomic E-state index is 12.8. The quantitative estimate of drug-likeness (QED) is 0.776. The van der Waals surface area contributed by atoms with Crippen molar-refractivity contribution in [2.75, 3.05) is 31.2 Å². The fraction of sp³-hybridized carbons (Fsp3) is 0.533. The van der Waals surface area contributed by atoms with Gasteiger partial charge < -0.3 is 5.32 Å². The molecule has 1 aliphatic rings. The highest BCUT2D eigenvalue weighted by molar-refractivity contribution is 7.88. The lowest BCUT2D eigenvalue weighted by Gasteiger charge is -2.31. The number of hydrogen-bond acceptors (Lipinski definition) is 4. The topological polar surface area (TPSA) is 78.5 Å². The van der Waals surface area contributed by atoms with Crippen LogP contribution < -0.4 is 10.0 Å². The van der Waals surface area contributed by atoms with Crippen molar-refractivity contribution in [1.29, 1.82) is 0 Å². The van der Waals surface area contributed by atoms with Crippen molar-refractivity contribution >= 4 is 33.2 Å². The summed E-state index contributed by atoms with van der Waals surface area (Å²) in [5.74, 6) is -0.485. The van der Waals surface area contributed by atoms with E-state index < -0.39 is 27.7 Å². The number of hydrogen-bond donors (Lipinski definition) is 2. The molecule has 1 aliphatic heterocycles. The van der Waals surface area contributed by atoms with Crippen LogP contribution in [-0.4, -0.2) is 51.2 Å². The number of carbonyl (C=O) groups is 1. The lowest BCUT2D eigenvalue weighted by atomic mass is 10.1. The monoisotopic (exact) mass is 413 g/mol. The summed E-state index contributed by atoms with van der Waals surface area (Å²) in [6.07, 6.45) is -2.35. The molecule has 1 saturated heterocycles. The normalized spacial score (nSPS) is 17.3. The number of anilines is 1. The number of sulfonamides is 1. The fourth-order valence-corrected chi connectivity index (χ4v) is 3.71. The first-order chi connectivity index (χ1) is 11.9. The highest BCUT2D eigenvalue weighted by Gasteiger charge is 2.31. The van der Waals surface area contributed by atoms with E-state index in [1.54, 1.807) is 4.90 Å². The summed E-state index contributed by atoms with van der Waals surface area (Å²) in [4.78, 5) is 13.9. The second kappa shape index (κ2) is 8.12. The van der Waals surface area contributed by atoms with E-state index in [4.69, 9.17) is 11.6 Å². The smallest absolute Gasteiger partial charge is 0.324 e. The van der Waals surface area contributed by atoms with Crippen molar-refractivity contribution in [3.05, 3.63) is 28.8 Å². The van der Waals surface area contributed by atoms with Crippen LogP contribution in [0.5, 0.6) is 0 Å². The number of carbonyl (C=O) groups excluding carboxylic acids is 1. The third-order valence-corrected chi connectivity index (χ3v) is 4.99. The molecule has 0 unspecified atom stereocenters. The first-order valence-electron chi connectivity index (χ1n) is 7.80. The summed E-state index contributed by atoms with van der Waals surface area (Å²) in [5.41, 5.74) is -0.995. The van der Waals surface area contributed by atoms with Gasteiger partial charge in [-0.2, -0.15) is 13.2 Å². The molecule has 1 fully saturated rings. The first-order valence-corrected chi connectivity index (χ1v) is 10.1. The predicted molar refractivity (Wildman–Crippen MR) is 92.5 cm³/mol. The van der Waals surface area contributed by atoms with Crippen LogP contribution in [-0.2, 0) is 21.0 Å². The zero-order valence-corrected chi connectivity index (χ0v) is 15.5. The third kappa shape index (κ3) is 6.42. The van der Waals surface area contributed by atoms with Gasteiger partial charge in [-0.25, -0.2) is 13.1 Å². The number of amides is 1. The van der Waals surface area contributed by atoms with Crippen LogP contribution >= 0.6 is 11.6 Å². The molecule has 0 aliphatic carbocycles. The zero-order valence-electron chi connectivity index (χ0n) is 13.9. The SMILES string of the molecule is CS(=O)(=O)NC1CCN(CC(=O)Nc2cc(C(F)(F)F)ccc2Cl)CC1. The Morgan fingerprint density at radius 3 is 2.46 bits per heavy atom. The molecule has 26 heavy (non-hydrogen) atoms. The Balaban J connectivity index is 1.90. The predicted octanol–water partition coefficient (Wildman–Crippen LogP) is 2.31. The molecule has 2 rings (SSSR count). The van der Waals surface area contributed by atoms with Gasteiger partial charge in [0.25, 0.3) is 0 Å². The van der Waals surface area contributed by atoms with E-state index in [0.717, 1.165) is 24.5 Å². The van der Waals surface area contributed by atoms with Gasteiger partial charge in [0.2, 0.25) is 15.9 Å². The lowest BCUT2D eigenvalue weighted by molar-refractivity contribution is -0.137. The highest BCUT2D eigenvalue weighted by atomic mass is 35.5. The van der Waals surface area contributed by atoms with Crippen LogP contribution in [0.15, 0.2) is 18.2 Å². The Morgan fingerprint density at radius 1 is 1.31 bits per heavy atom. The zero-order chi connectivity index (χ0) is 19.5. The second-order valence-corrected chi connectivity index (χ2v) is 8.37. The van der Waals surface area contributed by atoms with E-state index in [2.05, 4.69) is 10.0 Å². The third-order valence-electron chi connectivity index (χ3n) is 3.90. The van der Waals surface area contributed by atoms with Gasteiger partial charge in [0, 0.05) is 19.1 Å². The average Bonchev–Trinajstić information content (AvgIpc) is 2.49. The Labute approximate surface area is 154 Å². The first kappa shape index (κ1) is 20.9. The van der Waals surface area contributed by atoms with Crippen LogP contribution in [0.2, 0.25) is 5.02 Å². The van der Waals surface area contributed by atoms with Crippen molar-refractivity contribution in [3.8, 4) is 0 Å². The molecule has 0 spiro atoms. The number of nitrogens with zero attached hydrogens (tertiary/aromatic N) is 1. The van der Waals surface area contributed by atoms with Gasteiger partial charge in [0.15, 0.2) is 0 Å². The van der Waals surface area contributed by atoms with E-state index in [1.807, 2.05) is 0 Å². The van der Waals surface area contributed by atoms with Crippen LogP contribution in [0.25, 0.3) is 0 Å². The molecule has 2 N–H and O–H groups in total. The second-order valence-electron chi connectivity index (χ2n) is 6.18. The number of alkyl halides is 3. The molecule has 146 valence electrons. The number of halogens is 4. The van der Waals surface area contributed by atoms with Gasteiger partial charge in [-0.05, 0) is 31.0 Å². The van der Waals surface area contributed by atoms with E-state index in [9.17, 15) is 26.4 Å². The summed E-state index contributed by atoms with van der Waals surface area (Å²) in [6.45, 7) is 0.978. The molecule has 0 bridgehead atoms. The molecule has 6 nitrogen and oxygen atoms in total. The van der Waals surface area contributed by atoms with Crippen molar-refractivity contribution in [2.45, 2.75) is 25.1 Å². The van der Waals surface area contributed by atoms with Crippen molar-refractivity contribution in [1.82, 2.24) is 9.62 Å². The number of piperidine rings is 1. The molecule has 0 atom stereocenters. The van der Waals surface area contributed by atoms with Gasteiger partial charge in [0.1, 0.15) is 0 Å². The van der Waals surface area contributed by atoms with E-state index in [0.29, 0.717) is 25.9 Å². The molecular formula is C15H19ClF3N3O3S. The molecule has 0 aromatic heterocycles. The summed E-state index contributed by atoms with van der Waals surface area (Å²) < 4.78 is 63.2. The minimum absolute atomic E-state index is 0.0157. The summed E-state index contributed by atoms with van der Waals surface area (Å²) >= 11 is 5.85. The number of nitrogens with one attached hydrogen (secondary N) is 2. The van der Waals surface area contributed by atoms with E-state index in [1.165, 1.54) is 0 Å². The molecule has 0 saturated carbocycles. The fourth-order valence-electron chi connectivity index (χ4n) is 2.70. The Bertz CT molecular complexity index is 763. The molecule has 1 aromatic carbocycles. The van der Waals surface area contributed by atoms with E-state index >= 15 is 0 Å². The van der Waals surface area contributed by atoms with Crippen LogP contribution in [0.4, 0.5) is 18.9 Å². The minimum atomic E-state index is -4.53. The van der Waals surface area contributed by atoms with Gasteiger partial charge in [0.05, 0.1) is 29.1 Å². The largest absolute Gasteiger partial charge is 0.416 e. The maximum absolute atomic E-state index is 12.8. The van der Waals surface area contributed by atoms with Gasteiger partial charge in [-0.3, -0.25) is 9.69 Å². The Hall–Kier alpha value is -1.36. The van der Waals surface area contributed by atoms with Crippen molar-refractivity contribution < 1.29 is 26.4 Å². The van der Waals surface area contributed by atoms with Crippen LogP contribution in [0.1, 0.15) is 18.4 Å². The van der Waals surface area contributed by atoms with Gasteiger partial charge in [-0.15, -0.1) is 0 Å². The molecule has 1 heterocycles. The number of likely N-dealkylation sites (tertiary alicyclic amines) is 1. The lowest BCUT2D eigenvalue weighted by Crippen LogP contribution is -2.46. The highest BCUT2D eigenvalue weighted by Crippen LogP contribution is 2.33. The standard InChI is InChI=1S/C15H19ClF3N3O3S/c1-26(24,25)21-11-4-6-22(7-5-11)9-14(23)20-13-8-10(15(17,18)19)2-3-12(13)16/h2-3,8,11,21H,4-7,9H2,1H3,(H,20,23). The average molecular weight is 414 g/mol. The molecule has 11 heteroatoms. The maximum Gasteiger partial charge on any atom is 0.416 e. The van der Waals surface area contributed by atoms with Gasteiger partial charge in [-0.1, -0.05) is 11.6 Å². The Morgan fingerprint density at radius 2 is 1.92 bits per heavy atom. The van der Waals surface area contributed by atoms with Crippen molar-refractivity contribution in [2.24, 2.45) is 0 Å². The summed E-state index contributed by atoms with van der Waals surface area (Å²) in [7, 11) is -3.28. The number of benzene rings is 1. The minimum Gasteiger partial charge on any atom is -0.324 e. The molecular weight excluding hydrogens is 395 g/mol.